The van der Waals surface area contributed by atoms with Crippen molar-refractivity contribution in [3.8, 4) is 17.2 Å². The first-order valence-electron chi connectivity index (χ1n) is 9.99. The van der Waals surface area contributed by atoms with Crippen LogP contribution in [-0.2, 0) is 6.54 Å². The maximum Gasteiger partial charge on any atom is 0.226 e. The molecule has 4 rings (SSSR count). The number of para-hydroxylation sites is 1. The lowest BCUT2D eigenvalue weighted by molar-refractivity contribution is 0.129. The predicted octanol–water partition coefficient (Wildman–Crippen LogP) is 4.58. The molecule has 0 bridgehead atoms. The van der Waals surface area contributed by atoms with Gasteiger partial charge in [0.15, 0.2) is 5.96 Å². The largest absolute Gasteiger partial charge is 0.490 e. The molecule has 1 fully saturated rings. The topological polar surface area (TPSA) is 62.9 Å². The van der Waals surface area contributed by atoms with Crippen molar-refractivity contribution >= 4 is 29.9 Å². The Balaban J connectivity index is 0.00000256. The second-order valence-corrected chi connectivity index (χ2v) is 7.03. The van der Waals surface area contributed by atoms with E-state index in [0.717, 1.165) is 48.9 Å². The molecule has 6 nitrogen and oxygen atoms in total. The summed E-state index contributed by atoms with van der Waals surface area (Å²) >= 11 is 0. The number of hydrogen-bond acceptors (Lipinski definition) is 4. The number of halogens is 1. The molecule has 0 unspecified atom stereocenters. The van der Waals surface area contributed by atoms with E-state index in [1.807, 2.05) is 67.7 Å². The molecule has 0 saturated carbocycles. The maximum atomic E-state index is 6.08. The zero-order valence-electron chi connectivity index (χ0n) is 17.0. The molecule has 1 aliphatic heterocycles. The average Bonchev–Trinajstić information content (AvgIpc) is 3.26. The van der Waals surface area contributed by atoms with E-state index in [0.29, 0.717) is 12.4 Å². The van der Waals surface area contributed by atoms with Gasteiger partial charge in [0, 0.05) is 38.5 Å². The van der Waals surface area contributed by atoms with Gasteiger partial charge in [-0.25, -0.2) is 4.98 Å². The molecule has 0 aliphatic carbocycles. The summed E-state index contributed by atoms with van der Waals surface area (Å²) in [5, 5.41) is 3.40. The molecule has 2 heterocycles. The minimum absolute atomic E-state index is 0. The minimum atomic E-state index is 0. The summed E-state index contributed by atoms with van der Waals surface area (Å²) in [6, 6.07) is 19.9. The fourth-order valence-electron chi connectivity index (χ4n) is 3.48. The third-order valence-corrected chi connectivity index (χ3v) is 5.00. The average molecular weight is 518 g/mol. The molecular formula is C23H27IN4O2. The molecule has 0 spiro atoms. The molecule has 1 aliphatic rings. The zero-order valence-corrected chi connectivity index (χ0v) is 19.4. The highest BCUT2D eigenvalue weighted by atomic mass is 127. The van der Waals surface area contributed by atoms with Crippen LogP contribution in [0.4, 0.5) is 0 Å². The highest BCUT2D eigenvalue weighted by molar-refractivity contribution is 14.0. The molecule has 1 aromatic heterocycles. The van der Waals surface area contributed by atoms with Gasteiger partial charge in [-0.05, 0) is 24.3 Å². The van der Waals surface area contributed by atoms with Crippen molar-refractivity contribution in [3.05, 3.63) is 72.6 Å². The Hall–Kier alpha value is -2.55. The third-order valence-electron chi connectivity index (χ3n) is 5.00. The number of likely N-dealkylation sites (tertiary alicyclic amines) is 1. The third kappa shape index (κ3) is 5.75. The lowest BCUT2D eigenvalue weighted by Crippen LogP contribution is -2.47. The van der Waals surface area contributed by atoms with Gasteiger partial charge in [0.2, 0.25) is 5.89 Å². The van der Waals surface area contributed by atoms with Crippen LogP contribution in [0.5, 0.6) is 5.75 Å². The second-order valence-electron chi connectivity index (χ2n) is 7.03. The SMILES string of the molecule is CN=C(NCc1coc(-c2ccccc2)n1)N1CCC(Oc2ccccc2)CC1.I. The van der Waals surface area contributed by atoms with E-state index in [1.165, 1.54) is 0 Å². The lowest BCUT2D eigenvalue weighted by atomic mass is 10.1. The summed E-state index contributed by atoms with van der Waals surface area (Å²) in [5.74, 6) is 2.46. The van der Waals surface area contributed by atoms with Crippen LogP contribution < -0.4 is 10.1 Å². The van der Waals surface area contributed by atoms with Crippen LogP contribution in [0.3, 0.4) is 0 Å². The molecule has 1 saturated heterocycles. The van der Waals surface area contributed by atoms with Crippen molar-refractivity contribution in [1.29, 1.82) is 0 Å². The molecule has 7 heteroatoms. The summed E-state index contributed by atoms with van der Waals surface area (Å²) in [4.78, 5) is 11.3. The van der Waals surface area contributed by atoms with Gasteiger partial charge in [0.05, 0.1) is 12.2 Å². The fourth-order valence-corrected chi connectivity index (χ4v) is 3.48. The number of benzene rings is 2. The first-order chi connectivity index (χ1) is 14.3. The molecule has 30 heavy (non-hydrogen) atoms. The number of nitrogens with one attached hydrogen (secondary N) is 1. The standard InChI is InChI=1S/C23H26N4O2.HI/c1-24-23(25-16-19-17-28-22(26-19)18-8-4-2-5-9-18)27-14-12-21(13-15-27)29-20-10-6-3-7-11-20;/h2-11,17,21H,12-16H2,1H3,(H,24,25);1H. The van der Waals surface area contributed by atoms with E-state index in [1.54, 1.807) is 6.26 Å². The van der Waals surface area contributed by atoms with Crippen molar-refractivity contribution < 1.29 is 9.15 Å². The number of ether oxygens (including phenoxy) is 1. The number of aromatic nitrogens is 1. The van der Waals surface area contributed by atoms with Crippen molar-refractivity contribution in [2.24, 2.45) is 4.99 Å². The number of nitrogens with zero attached hydrogens (tertiary/aromatic N) is 3. The van der Waals surface area contributed by atoms with Gasteiger partial charge in [0.25, 0.3) is 0 Å². The Bertz CT molecular complexity index is 923. The van der Waals surface area contributed by atoms with Crippen LogP contribution in [0.25, 0.3) is 11.5 Å². The maximum absolute atomic E-state index is 6.08. The molecule has 158 valence electrons. The molecule has 1 N–H and O–H groups in total. The summed E-state index contributed by atoms with van der Waals surface area (Å²) in [7, 11) is 1.81. The summed E-state index contributed by atoms with van der Waals surface area (Å²) in [6.07, 6.45) is 3.88. The Morgan fingerprint density at radius 2 is 1.77 bits per heavy atom. The minimum Gasteiger partial charge on any atom is -0.490 e. The van der Waals surface area contributed by atoms with E-state index < -0.39 is 0 Å². The summed E-state index contributed by atoms with van der Waals surface area (Å²) in [5.41, 5.74) is 1.83. The molecular weight excluding hydrogens is 491 g/mol. The quantitative estimate of drug-likeness (QED) is 0.305. The predicted molar refractivity (Wildman–Crippen MR) is 129 cm³/mol. The number of hydrogen-bond donors (Lipinski definition) is 1. The Kier molecular flexibility index (Phi) is 8.12. The number of aliphatic imine (C=N–C) groups is 1. The normalized spacial score (nSPS) is 14.8. The Morgan fingerprint density at radius 1 is 1.10 bits per heavy atom. The van der Waals surface area contributed by atoms with Gasteiger partial charge in [-0.3, -0.25) is 4.99 Å². The van der Waals surface area contributed by atoms with E-state index in [9.17, 15) is 0 Å². The van der Waals surface area contributed by atoms with Crippen LogP contribution in [0, 0.1) is 0 Å². The molecule has 3 aromatic rings. The number of piperidine rings is 1. The zero-order chi connectivity index (χ0) is 19.9. The van der Waals surface area contributed by atoms with Gasteiger partial charge in [-0.2, -0.15) is 0 Å². The molecule has 0 amide bonds. The highest BCUT2D eigenvalue weighted by Crippen LogP contribution is 2.20. The highest BCUT2D eigenvalue weighted by Gasteiger charge is 2.22. The van der Waals surface area contributed by atoms with Crippen molar-refractivity contribution in [2.75, 3.05) is 20.1 Å². The van der Waals surface area contributed by atoms with Gasteiger partial charge < -0.3 is 19.4 Å². The Morgan fingerprint density at radius 3 is 2.43 bits per heavy atom. The van der Waals surface area contributed by atoms with Gasteiger partial charge >= 0.3 is 0 Å². The van der Waals surface area contributed by atoms with E-state index in [4.69, 9.17) is 9.15 Å². The van der Waals surface area contributed by atoms with E-state index >= 15 is 0 Å². The number of rotatable bonds is 5. The van der Waals surface area contributed by atoms with Gasteiger partial charge in [-0.15, -0.1) is 24.0 Å². The molecule has 2 aromatic carbocycles. The monoisotopic (exact) mass is 518 g/mol. The van der Waals surface area contributed by atoms with Crippen LogP contribution in [0.2, 0.25) is 0 Å². The first kappa shape index (κ1) is 22.1. The van der Waals surface area contributed by atoms with Crippen LogP contribution in [0.15, 0.2) is 76.3 Å². The molecule has 0 atom stereocenters. The van der Waals surface area contributed by atoms with Crippen molar-refractivity contribution in [3.63, 3.8) is 0 Å². The van der Waals surface area contributed by atoms with Crippen molar-refractivity contribution in [1.82, 2.24) is 15.2 Å². The van der Waals surface area contributed by atoms with E-state index in [2.05, 4.69) is 20.2 Å². The number of guanidine groups is 1. The van der Waals surface area contributed by atoms with E-state index in [-0.39, 0.29) is 30.1 Å². The summed E-state index contributed by atoms with van der Waals surface area (Å²) < 4.78 is 11.7. The van der Waals surface area contributed by atoms with Crippen LogP contribution in [0.1, 0.15) is 18.5 Å². The number of oxazole rings is 1. The lowest BCUT2D eigenvalue weighted by Gasteiger charge is -2.34. The second kappa shape index (κ2) is 11.0. The van der Waals surface area contributed by atoms with Gasteiger partial charge in [-0.1, -0.05) is 36.4 Å². The van der Waals surface area contributed by atoms with Crippen molar-refractivity contribution in [2.45, 2.75) is 25.5 Å². The first-order valence-corrected chi connectivity index (χ1v) is 9.99. The van der Waals surface area contributed by atoms with Crippen LogP contribution in [-0.4, -0.2) is 42.1 Å². The van der Waals surface area contributed by atoms with Crippen LogP contribution >= 0.6 is 24.0 Å². The molecule has 0 radical (unpaired) electrons. The fraction of sp³-hybridized carbons (Fsp3) is 0.304. The summed E-state index contributed by atoms with van der Waals surface area (Å²) in [6.45, 7) is 2.39. The van der Waals surface area contributed by atoms with Gasteiger partial charge in [0.1, 0.15) is 18.1 Å². The smallest absolute Gasteiger partial charge is 0.226 e. The Labute approximate surface area is 194 Å².